The third-order valence-electron chi connectivity index (χ3n) is 2.20. The summed E-state index contributed by atoms with van der Waals surface area (Å²) in [6.45, 7) is 1.94. The minimum Gasteiger partial charge on any atom is -0.397 e. The monoisotopic (exact) mass is 216 g/mol. The standard InChI is InChI=1S/C11H12N4O/c1-7-2-3-8(12)10(6-7)14-11(16)9-4-5-13-15-9/h2-6H,12H2,1H3,(H,13,15)(H,14,16). The Morgan fingerprint density at radius 3 is 2.94 bits per heavy atom. The number of aryl methyl sites for hydroxylation is 1. The highest BCUT2D eigenvalue weighted by Crippen LogP contribution is 2.19. The number of benzene rings is 1. The van der Waals surface area contributed by atoms with Crippen molar-refractivity contribution in [1.82, 2.24) is 10.2 Å². The lowest BCUT2D eigenvalue weighted by Crippen LogP contribution is -2.13. The van der Waals surface area contributed by atoms with Crippen molar-refractivity contribution in [3.05, 3.63) is 41.7 Å². The molecule has 5 heteroatoms. The van der Waals surface area contributed by atoms with E-state index in [1.54, 1.807) is 12.1 Å². The van der Waals surface area contributed by atoms with Gasteiger partial charge >= 0.3 is 0 Å². The van der Waals surface area contributed by atoms with Gasteiger partial charge in [-0.05, 0) is 30.7 Å². The van der Waals surface area contributed by atoms with Gasteiger partial charge in [-0.25, -0.2) is 0 Å². The Kier molecular flexibility index (Phi) is 2.59. The molecule has 1 amide bonds. The SMILES string of the molecule is Cc1ccc(N)c(NC(=O)c2ccn[nH]2)c1. The Bertz CT molecular complexity index is 505. The molecule has 2 aromatic rings. The predicted molar refractivity (Wildman–Crippen MR) is 62.1 cm³/mol. The maximum absolute atomic E-state index is 11.7. The number of hydrogen-bond donors (Lipinski definition) is 3. The van der Waals surface area contributed by atoms with Crippen molar-refractivity contribution in [2.75, 3.05) is 11.1 Å². The fourth-order valence-corrected chi connectivity index (χ4v) is 1.35. The summed E-state index contributed by atoms with van der Waals surface area (Å²) in [5.74, 6) is -0.255. The summed E-state index contributed by atoms with van der Waals surface area (Å²) >= 11 is 0. The number of anilines is 2. The zero-order valence-corrected chi connectivity index (χ0v) is 8.82. The molecule has 0 fully saturated rings. The van der Waals surface area contributed by atoms with Gasteiger partial charge in [-0.3, -0.25) is 9.89 Å². The van der Waals surface area contributed by atoms with Gasteiger partial charge in [0.15, 0.2) is 0 Å². The van der Waals surface area contributed by atoms with Gasteiger partial charge in [0.05, 0.1) is 11.4 Å². The fourth-order valence-electron chi connectivity index (χ4n) is 1.35. The molecule has 2 rings (SSSR count). The van der Waals surface area contributed by atoms with Crippen molar-refractivity contribution in [3.8, 4) is 0 Å². The van der Waals surface area contributed by atoms with Gasteiger partial charge in [-0.15, -0.1) is 0 Å². The van der Waals surface area contributed by atoms with Gasteiger partial charge in [-0.1, -0.05) is 6.07 Å². The van der Waals surface area contributed by atoms with Gasteiger partial charge in [0.25, 0.3) is 5.91 Å². The number of H-pyrrole nitrogens is 1. The molecule has 0 unspecified atom stereocenters. The maximum Gasteiger partial charge on any atom is 0.273 e. The molecule has 1 aromatic carbocycles. The van der Waals surface area contributed by atoms with Crippen LogP contribution in [0.3, 0.4) is 0 Å². The van der Waals surface area contributed by atoms with Crippen molar-refractivity contribution >= 4 is 17.3 Å². The van der Waals surface area contributed by atoms with Gasteiger partial charge in [-0.2, -0.15) is 5.10 Å². The van der Waals surface area contributed by atoms with E-state index in [1.807, 2.05) is 19.1 Å². The molecule has 0 bridgehead atoms. The molecular weight excluding hydrogens is 204 g/mol. The first-order valence-electron chi connectivity index (χ1n) is 4.83. The molecule has 0 aliphatic carbocycles. The number of aromatic nitrogens is 2. The summed E-state index contributed by atoms with van der Waals surface area (Å²) in [7, 11) is 0. The van der Waals surface area contributed by atoms with Crippen LogP contribution >= 0.6 is 0 Å². The van der Waals surface area contributed by atoms with Crippen LogP contribution in [0.2, 0.25) is 0 Å². The van der Waals surface area contributed by atoms with Crippen molar-refractivity contribution in [2.24, 2.45) is 0 Å². The van der Waals surface area contributed by atoms with Crippen molar-refractivity contribution in [2.45, 2.75) is 6.92 Å². The highest BCUT2D eigenvalue weighted by atomic mass is 16.1. The summed E-state index contributed by atoms with van der Waals surface area (Å²) in [4.78, 5) is 11.7. The Hall–Kier alpha value is -2.30. The molecular formula is C11H12N4O. The average Bonchev–Trinajstić information content (AvgIpc) is 2.76. The Balaban J connectivity index is 2.21. The summed E-state index contributed by atoms with van der Waals surface area (Å²) in [5, 5.41) is 9.01. The first-order valence-corrected chi connectivity index (χ1v) is 4.83. The quantitative estimate of drug-likeness (QED) is 0.666. The molecule has 0 saturated heterocycles. The van der Waals surface area contributed by atoms with E-state index in [0.29, 0.717) is 17.1 Å². The van der Waals surface area contributed by atoms with Crippen LogP contribution in [0, 0.1) is 6.92 Å². The largest absolute Gasteiger partial charge is 0.397 e. The van der Waals surface area contributed by atoms with E-state index < -0.39 is 0 Å². The number of nitrogens with two attached hydrogens (primary N) is 1. The summed E-state index contributed by atoms with van der Waals surface area (Å²) in [6.07, 6.45) is 1.52. The van der Waals surface area contributed by atoms with E-state index in [4.69, 9.17) is 5.73 Å². The molecule has 1 heterocycles. The zero-order chi connectivity index (χ0) is 11.5. The molecule has 4 N–H and O–H groups in total. The predicted octanol–water partition coefficient (Wildman–Crippen LogP) is 1.55. The number of carbonyl (C=O) groups is 1. The van der Waals surface area contributed by atoms with Crippen LogP contribution < -0.4 is 11.1 Å². The van der Waals surface area contributed by atoms with Gasteiger partial charge in [0.2, 0.25) is 0 Å². The van der Waals surface area contributed by atoms with Gasteiger partial charge in [0.1, 0.15) is 5.69 Å². The topological polar surface area (TPSA) is 83.8 Å². The number of amides is 1. The van der Waals surface area contributed by atoms with E-state index in [2.05, 4.69) is 15.5 Å². The number of nitrogen functional groups attached to an aromatic ring is 1. The minimum atomic E-state index is -0.255. The van der Waals surface area contributed by atoms with Gasteiger partial charge in [0, 0.05) is 6.20 Å². The third-order valence-corrected chi connectivity index (χ3v) is 2.20. The van der Waals surface area contributed by atoms with Crippen LogP contribution in [-0.4, -0.2) is 16.1 Å². The number of nitrogens with one attached hydrogen (secondary N) is 2. The first-order chi connectivity index (χ1) is 7.66. The number of carbonyl (C=O) groups excluding carboxylic acids is 1. The minimum absolute atomic E-state index is 0.255. The van der Waals surface area contributed by atoms with Crippen LogP contribution in [-0.2, 0) is 0 Å². The summed E-state index contributed by atoms with van der Waals surface area (Å²) in [5.41, 5.74) is 8.34. The molecule has 0 radical (unpaired) electrons. The van der Waals surface area contributed by atoms with Crippen LogP contribution in [0.15, 0.2) is 30.5 Å². The van der Waals surface area contributed by atoms with Crippen LogP contribution in [0.5, 0.6) is 0 Å². The second-order valence-electron chi connectivity index (χ2n) is 3.52. The van der Waals surface area contributed by atoms with E-state index in [0.717, 1.165) is 5.56 Å². The van der Waals surface area contributed by atoms with E-state index in [1.165, 1.54) is 6.20 Å². The van der Waals surface area contributed by atoms with Crippen LogP contribution in [0.25, 0.3) is 0 Å². The lowest BCUT2D eigenvalue weighted by Gasteiger charge is -2.07. The van der Waals surface area contributed by atoms with Crippen molar-refractivity contribution in [3.63, 3.8) is 0 Å². The Morgan fingerprint density at radius 1 is 1.44 bits per heavy atom. The molecule has 82 valence electrons. The Morgan fingerprint density at radius 2 is 2.25 bits per heavy atom. The molecule has 0 atom stereocenters. The first kappa shape index (κ1) is 10.2. The number of rotatable bonds is 2. The van der Waals surface area contributed by atoms with Crippen molar-refractivity contribution < 1.29 is 4.79 Å². The lowest BCUT2D eigenvalue weighted by molar-refractivity contribution is 0.102. The summed E-state index contributed by atoms with van der Waals surface area (Å²) in [6, 6.07) is 7.07. The second-order valence-corrected chi connectivity index (χ2v) is 3.52. The maximum atomic E-state index is 11.7. The lowest BCUT2D eigenvalue weighted by atomic mass is 10.2. The van der Waals surface area contributed by atoms with Gasteiger partial charge < -0.3 is 11.1 Å². The number of aromatic amines is 1. The van der Waals surface area contributed by atoms with E-state index in [-0.39, 0.29) is 5.91 Å². The molecule has 5 nitrogen and oxygen atoms in total. The average molecular weight is 216 g/mol. The molecule has 1 aromatic heterocycles. The van der Waals surface area contributed by atoms with E-state index in [9.17, 15) is 4.79 Å². The van der Waals surface area contributed by atoms with Crippen LogP contribution in [0.1, 0.15) is 16.1 Å². The molecule has 0 aliphatic heterocycles. The number of nitrogens with zero attached hydrogens (tertiary/aromatic N) is 1. The highest BCUT2D eigenvalue weighted by Gasteiger charge is 2.08. The Labute approximate surface area is 92.7 Å². The normalized spacial score (nSPS) is 10.1. The van der Waals surface area contributed by atoms with Crippen molar-refractivity contribution in [1.29, 1.82) is 0 Å². The van der Waals surface area contributed by atoms with E-state index >= 15 is 0 Å². The third kappa shape index (κ3) is 2.03. The molecule has 16 heavy (non-hydrogen) atoms. The van der Waals surface area contributed by atoms with Crippen LogP contribution in [0.4, 0.5) is 11.4 Å². The molecule has 0 spiro atoms. The molecule has 0 saturated carbocycles. The number of hydrogen-bond acceptors (Lipinski definition) is 3. The second kappa shape index (κ2) is 4.06. The fraction of sp³-hybridized carbons (Fsp3) is 0.0909. The zero-order valence-electron chi connectivity index (χ0n) is 8.82. The highest BCUT2D eigenvalue weighted by molar-refractivity contribution is 6.04. The summed E-state index contributed by atoms with van der Waals surface area (Å²) < 4.78 is 0. The smallest absolute Gasteiger partial charge is 0.273 e. The molecule has 0 aliphatic rings.